The molecular formula is C13H21NO. The molecule has 2 N–H and O–H groups in total. The van der Waals surface area contributed by atoms with Crippen LogP contribution >= 0.6 is 0 Å². The fourth-order valence-corrected chi connectivity index (χ4v) is 1.32. The predicted molar refractivity (Wildman–Crippen MR) is 65.2 cm³/mol. The lowest BCUT2D eigenvalue weighted by Crippen LogP contribution is -2.32. The fourth-order valence-electron chi connectivity index (χ4n) is 1.32. The van der Waals surface area contributed by atoms with E-state index in [0.717, 1.165) is 18.5 Å². The van der Waals surface area contributed by atoms with Gasteiger partial charge in [-0.15, -0.1) is 0 Å². The van der Waals surface area contributed by atoms with E-state index in [1.165, 1.54) is 5.56 Å². The molecule has 0 aliphatic rings. The maximum absolute atomic E-state index is 9.85. The molecule has 15 heavy (non-hydrogen) atoms. The monoisotopic (exact) mass is 207 g/mol. The highest BCUT2D eigenvalue weighted by atomic mass is 16.3. The zero-order valence-electron chi connectivity index (χ0n) is 9.88. The Morgan fingerprint density at radius 2 is 2.07 bits per heavy atom. The molecule has 1 rings (SSSR count). The molecule has 1 atom stereocenters. The molecule has 2 nitrogen and oxygen atoms in total. The van der Waals surface area contributed by atoms with Crippen LogP contribution in [0.3, 0.4) is 0 Å². The number of hydrogen-bond donors (Lipinski definition) is 2. The number of aryl methyl sites for hydroxylation is 1. The van der Waals surface area contributed by atoms with Crippen molar-refractivity contribution in [1.29, 1.82) is 0 Å². The fraction of sp³-hybridized carbons (Fsp3) is 0.538. The number of aliphatic hydroxyl groups is 1. The van der Waals surface area contributed by atoms with Crippen LogP contribution in [0.25, 0.3) is 0 Å². The third-order valence-corrected chi connectivity index (χ3v) is 2.77. The summed E-state index contributed by atoms with van der Waals surface area (Å²) in [6.45, 7) is 6.58. The van der Waals surface area contributed by atoms with E-state index in [0.29, 0.717) is 6.54 Å². The smallest absolute Gasteiger partial charge is 0.0788 e. The number of benzene rings is 1. The van der Waals surface area contributed by atoms with Gasteiger partial charge in [0.2, 0.25) is 0 Å². The van der Waals surface area contributed by atoms with Crippen LogP contribution in [0.2, 0.25) is 0 Å². The summed E-state index contributed by atoms with van der Waals surface area (Å²) in [5.74, 6) is 0. The van der Waals surface area contributed by atoms with Gasteiger partial charge in [-0.25, -0.2) is 0 Å². The highest BCUT2D eigenvalue weighted by Crippen LogP contribution is 2.14. The molecule has 0 bridgehead atoms. The quantitative estimate of drug-likeness (QED) is 0.778. The van der Waals surface area contributed by atoms with E-state index < -0.39 is 5.60 Å². The maximum atomic E-state index is 9.85. The van der Waals surface area contributed by atoms with Gasteiger partial charge in [-0.3, -0.25) is 0 Å². The van der Waals surface area contributed by atoms with Crippen molar-refractivity contribution in [3.8, 4) is 0 Å². The summed E-state index contributed by atoms with van der Waals surface area (Å²) in [6.07, 6.45) is 1.80. The molecule has 84 valence electrons. The second-order valence-electron chi connectivity index (χ2n) is 4.26. The van der Waals surface area contributed by atoms with Gasteiger partial charge in [0.25, 0.3) is 0 Å². The molecule has 0 saturated carbocycles. The first-order chi connectivity index (χ1) is 7.07. The van der Waals surface area contributed by atoms with E-state index in [4.69, 9.17) is 0 Å². The molecule has 0 saturated heterocycles. The van der Waals surface area contributed by atoms with Crippen LogP contribution < -0.4 is 5.32 Å². The Hall–Kier alpha value is -1.02. The van der Waals surface area contributed by atoms with E-state index in [-0.39, 0.29) is 0 Å². The largest absolute Gasteiger partial charge is 0.388 e. The van der Waals surface area contributed by atoms with Gasteiger partial charge < -0.3 is 10.4 Å². The average Bonchev–Trinajstić information content (AvgIpc) is 2.27. The van der Waals surface area contributed by atoms with E-state index in [9.17, 15) is 5.11 Å². The summed E-state index contributed by atoms with van der Waals surface area (Å²) < 4.78 is 0. The highest BCUT2D eigenvalue weighted by molar-refractivity contribution is 5.45. The van der Waals surface area contributed by atoms with Gasteiger partial charge >= 0.3 is 0 Å². The van der Waals surface area contributed by atoms with Crippen LogP contribution in [-0.2, 0) is 6.42 Å². The third kappa shape index (κ3) is 3.92. The molecular weight excluding hydrogens is 186 g/mol. The maximum Gasteiger partial charge on any atom is 0.0788 e. The lowest BCUT2D eigenvalue weighted by molar-refractivity contribution is 0.0697. The van der Waals surface area contributed by atoms with Crippen molar-refractivity contribution < 1.29 is 5.11 Å². The van der Waals surface area contributed by atoms with Crippen molar-refractivity contribution in [2.24, 2.45) is 0 Å². The Morgan fingerprint density at radius 1 is 1.33 bits per heavy atom. The van der Waals surface area contributed by atoms with Crippen LogP contribution in [0, 0.1) is 0 Å². The summed E-state index contributed by atoms with van der Waals surface area (Å²) in [5.41, 5.74) is 1.78. The Kier molecular flexibility index (Phi) is 4.15. The molecule has 0 aliphatic carbocycles. The van der Waals surface area contributed by atoms with Crippen molar-refractivity contribution in [1.82, 2.24) is 0 Å². The summed E-state index contributed by atoms with van der Waals surface area (Å²) in [5, 5.41) is 13.1. The zero-order valence-corrected chi connectivity index (χ0v) is 9.88. The molecule has 0 spiro atoms. The van der Waals surface area contributed by atoms with Crippen LogP contribution in [0.4, 0.5) is 5.69 Å². The van der Waals surface area contributed by atoms with Crippen molar-refractivity contribution >= 4 is 5.69 Å². The van der Waals surface area contributed by atoms with Gasteiger partial charge in [-0.1, -0.05) is 26.0 Å². The molecule has 0 aliphatic heterocycles. The molecule has 0 amide bonds. The van der Waals surface area contributed by atoms with Gasteiger partial charge in [0.05, 0.1) is 5.60 Å². The van der Waals surface area contributed by atoms with Gasteiger partial charge in [0.1, 0.15) is 0 Å². The Balaban J connectivity index is 2.57. The minimum Gasteiger partial charge on any atom is -0.388 e. The molecule has 0 radical (unpaired) electrons. The lowest BCUT2D eigenvalue weighted by Gasteiger charge is -2.22. The van der Waals surface area contributed by atoms with Crippen molar-refractivity contribution in [3.63, 3.8) is 0 Å². The molecule has 0 fully saturated rings. The average molecular weight is 207 g/mol. The standard InChI is InChI=1S/C13H21NO/c1-4-11-7-6-8-12(9-11)14-10-13(3,15)5-2/h6-9,14-15H,4-5,10H2,1-3H3. The lowest BCUT2D eigenvalue weighted by atomic mass is 10.0. The highest BCUT2D eigenvalue weighted by Gasteiger charge is 2.16. The van der Waals surface area contributed by atoms with Crippen molar-refractivity contribution in [3.05, 3.63) is 29.8 Å². The molecule has 2 heteroatoms. The molecule has 1 unspecified atom stereocenters. The normalized spacial score (nSPS) is 14.7. The summed E-state index contributed by atoms with van der Waals surface area (Å²) >= 11 is 0. The number of hydrogen-bond acceptors (Lipinski definition) is 2. The molecule has 0 heterocycles. The SMILES string of the molecule is CCc1cccc(NCC(C)(O)CC)c1. The Labute approximate surface area is 92.3 Å². The molecule has 0 aromatic heterocycles. The van der Waals surface area contributed by atoms with Gasteiger partial charge in [-0.2, -0.15) is 0 Å². The van der Waals surface area contributed by atoms with E-state index in [2.05, 4.69) is 24.4 Å². The second kappa shape index (κ2) is 5.17. The Bertz CT molecular complexity index is 307. The first kappa shape index (κ1) is 12.1. The van der Waals surface area contributed by atoms with E-state index in [1.807, 2.05) is 26.0 Å². The van der Waals surface area contributed by atoms with E-state index >= 15 is 0 Å². The van der Waals surface area contributed by atoms with Crippen LogP contribution in [0.15, 0.2) is 24.3 Å². The van der Waals surface area contributed by atoms with Crippen LogP contribution in [-0.4, -0.2) is 17.3 Å². The Morgan fingerprint density at radius 3 is 2.67 bits per heavy atom. The van der Waals surface area contributed by atoms with Crippen molar-refractivity contribution in [2.45, 2.75) is 39.2 Å². The van der Waals surface area contributed by atoms with E-state index in [1.54, 1.807) is 0 Å². The summed E-state index contributed by atoms with van der Waals surface area (Å²) in [7, 11) is 0. The van der Waals surface area contributed by atoms with Gasteiger partial charge in [0, 0.05) is 12.2 Å². The number of rotatable bonds is 5. The third-order valence-electron chi connectivity index (χ3n) is 2.77. The van der Waals surface area contributed by atoms with Gasteiger partial charge in [-0.05, 0) is 37.5 Å². The predicted octanol–water partition coefficient (Wildman–Crippen LogP) is 2.82. The molecule has 1 aromatic carbocycles. The van der Waals surface area contributed by atoms with Crippen molar-refractivity contribution in [2.75, 3.05) is 11.9 Å². The first-order valence-corrected chi connectivity index (χ1v) is 5.62. The number of anilines is 1. The summed E-state index contributed by atoms with van der Waals surface area (Å²) in [4.78, 5) is 0. The minimum absolute atomic E-state index is 0.594. The summed E-state index contributed by atoms with van der Waals surface area (Å²) in [6, 6.07) is 8.32. The molecule has 1 aromatic rings. The second-order valence-corrected chi connectivity index (χ2v) is 4.26. The minimum atomic E-state index is -0.623. The van der Waals surface area contributed by atoms with Gasteiger partial charge in [0.15, 0.2) is 0 Å². The van der Waals surface area contributed by atoms with Crippen LogP contribution in [0.5, 0.6) is 0 Å². The number of nitrogens with one attached hydrogen (secondary N) is 1. The first-order valence-electron chi connectivity index (χ1n) is 5.62. The van der Waals surface area contributed by atoms with Crippen LogP contribution in [0.1, 0.15) is 32.8 Å². The topological polar surface area (TPSA) is 32.3 Å². The zero-order chi connectivity index (χ0) is 11.3.